The van der Waals surface area contributed by atoms with Gasteiger partial charge in [-0.15, -0.1) is 0 Å². The molecule has 0 radical (unpaired) electrons. The molecule has 5 nitrogen and oxygen atoms in total. The van der Waals surface area contributed by atoms with Crippen LogP contribution >= 0.6 is 0 Å². The minimum absolute atomic E-state index is 0.0871. The second-order valence-electron chi connectivity index (χ2n) is 4.19. The first-order valence-corrected chi connectivity index (χ1v) is 6.32. The summed E-state index contributed by atoms with van der Waals surface area (Å²) in [7, 11) is 0. The van der Waals surface area contributed by atoms with Crippen molar-refractivity contribution in [3.8, 4) is 17.6 Å². The molecule has 1 aromatic rings. The van der Waals surface area contributed by atoms with Crippen molar-refractivity contribution < 1.29 is 14.3 Å². The Morgan fingerprint density at radius 3 is 2.79 bits per heavy atom. The van der Waals surface area contributed by atoms with E-state index in [1.807, 2.05) is 13.0 Å². The first kappa shape index (κ1) is 13.2. The third-order valence-electron chi connectivity index (χ3n) is 2.92. The van der Waals surface area contributed by atoms with Crippen LogP contribution in [0.5, 0.6) is 11.5 Å². The van der Waals surface area contributed by atoms with Gasteiger partial charge in [0.15, 0.2) is 11.5 Å². The van der Waals surface area contributed by atoms with Crippen molar-refractivity contribution in [3.05, 3.63) is 23.8 Å². The van der Waals surface area contributed by atoms with Gasteiger partial charge < -0.3 is 14.4 Å². The van der Waals surface area contributed by atoms with Crippen LogP contribution in [0.25, 0.3) is 0 Å². The third kappa shape index (κ3) is 2.97. The first-order valence-electron chi connectivity index (χ1n) is 6.32. The Bertz CT molecular complexity index is 508. The van der Waals surface area contributed by atoms with Gasteiger partial charge in [-0.05, 0) is 25.1 Å². The van der Waals surface area contributed by atoms with Gasteiger partial charge in [0.2, 0.25) is 0 Å². The Hall–Kier alpha value is -2.22. The molecule has 0 bridgehead atoms. The number of ether oxygens (including phenoxy) is 2. The van der Waals surface area contributed by atoms with E-state index in [-0.39, 0.29) is 12.5 Å². The molecule has 0 saturated heterocycles. The number of rotatable bonds is 3. The largest absolute Gasteiger partial charge is 0.490 e. The summed E-state index contributed by atoms with van der Waals surface area (Å²) in [6, 6.07) is 7.12. The molecule has 1 aromatic carbocycles. The van der Waals surface area contributed by atoms with Crippen molar-refractivity contribution in [2.45, 2.75) is 13.3 Å². The van der Waals surface area contributed by atoms with E-state index in [1.165, 1.54) is 4.90 Å². The van der Waals surface area contributed by atoms with Crippen molar-refractivity contribution in [2.24, 2.45) is 0 Å². The lowest BCUT2D eigenvalue weighted by atomic mass is 10.1. The van der Waals surface area contributed by atoms with Crippen molar-refractivity contribution in [1.29, 1.82) is 5.26 Å². The highest BCUT2D eigenvalue weighted by Gasteiger charge is 2.17. The van der Waals surface area contributed by atoms with E-state index in [1.54, 1.807) is 18.2 Å². The number of nitriles is 1. The molecule has 1 aliphatic heterocycles. The molecule has 19 heavy (non-hydrogen) atoms. The zero-order valence-corrected chi connectivity index (χ0v) is 10.9. The lowest BCUT2D eigenvalue weighted by Gasteiger charge is -2.18. The highest BCUT2D eigenvalue weighted by molar-refractivity contribution is 5.95. The summed E-state index contributed by atoms with van der Waals surface area (Å²) in [4.78, 5) is 13.7. The molecule has 0 spiro atoms. The quantitative estimate of drug-likeness (QED) is 0.778. The predicted molar refractivity (Wildman–Crippen MR) is 69.2 cm³/mol. The van der Waals surface area contributed by atoms with Crippen molar-refractivity contribution in [3.63, 3.8) is 0 Å². The van der Waals surface area contributed by atoms with Crippen LogP contribution in [0.2, 0.25) is 0 Å². The summed E-state index contributed by atoms with van der Waals surface area (Å²) >= 11 is 0. The number of hydrogen-bond donors (Lipinski definition) is 0. The average Bonchev–Trinajstić information content (AvgIpc) is 2.68. The molecule has 2 rings (SSSR count). The zero-order chi connectivity index (χ0) is 13.7. The van der Waals surface area contributed by atoms with Gasteiger partial charge in [-0.2, -0.15) is 5.26 Å². The van der Waals surface area contributed by atoms with E-state index in [4.69, 9.17) is 14.7 Å². The van der Waals surface area contributed by atoms with Crippen molar-refractivity contribution >= 4 is 5.91 Å². The van der Waals surface area contributed by atoms with Gasteiger partial charge >= 0.3 is 0 Å². The van der Waals surface area contributed by atoms with Crippen molar-refractivity contribution in [2.75, 3.05) is 26.3 Å². The van der Waals surface area contributed by atoms with Gasteiger partial charge in [-0.25, -0.2) is 0 Å². The smallest absolute Gasteiger partial charge is 0.254 e. The molecule has 0 unspecified atom stereocenters. The van der Waals surface area contributed by atoms with Crippen molar-refractivity contribution in [1.82, 2.24) is 4.90 Å². The second-order valence-corrected chi connectivity index (χ2v) is 4.19. The molecule has 0 aromatic heterocycles. The van der Waals surface area contributed by atoms with Crippen LogP contribution in [0.15, 0.2) is 18.2 Å². The highest BCUT2D eigenvalue weighted by atomic mass is 16.5. The van der Waals surface area contributed by atoms with Gasteiger partial charge in [-0.3, -0.25) is 4.79 Å². The second kappa shape index (κ2) is 6.10. The summed E-state index contributed by atoms with van der Waals surface area (Å²) in [5, 5.41) is 8.70. The normalized spacial score (nSPS) is 13.3. The fraction of sp³-hybridized carbons (Fsp3) is 0.429. The Morgan fingerprint density at radius 1 is 1.37 bits per heavy atom. The summed E-state index contributed by atoms with van der Waals surface area (Å²) in [5.74, 6) is 1.09. The molecule has 1 heterocycles. The zero-order valence-electron chi connectivity index (χ0n) is 10.9. The van der Waals surface area contributed by atoms with Crippen LogP contribution in [0.1, 0.15) is 23.7 Å². The Morgan fingerprint density at radius 2 is 2.11 bits per heavy atom. The van der Waals surface area contributed by atoms with Gasteiger partial charge in [-0.1, -0.05) is 0 Å². The lowest BCUT2D eigenvalue weighted by molar-refractivity contribution is 0.0783. The van der Waals surface area contributed by atoms with E-state index in [2.05, 4.69) is 0 Å². The van der Waals surface area contributed by atoms with Crippen LogP contribution in [0.4, 0.5) is 0 Å². The number of fused-ring (bicyclic) bond motifs is 1. The molecular weight excluding hydrogens is 244 g/mol. The Labute approximate surface area is 112 Å². The summed E-state index contributed by atoms with van der Waals surface area (Å²) in [5.41, 5.74) is 0.515. The molecule has 0 saturated carbocycles. The van der Waals surface area contributed by atoms with E-state index in [9.17, 15) is 4.79 Å². The maximum Gasteiger partial charge on any atom is 0.254 e. The van der Waals surface area contributed by atoms with E-state index in [0.717, 1.165) is 6.42 Å². The molecule has 0 fully saturated rings. The maximum atomic E-state index is 12.2. The first-order chi connectivity index (χ1) is 9.26. The van der Waals surface area contributed by atoms with Gasteiger partial charge in [0.1, 0.15) is 6.54 Å². The molecule has 5 heteroatoms. The molecule has 100 valence electrons. The minimum atomic E-state index is -0.167. The molecular formula is C14H16N2O3. The van der Waals surface area contributed by atoms with Crippen LogP contribution in [0.3, 0.4) is 0 Å². The van der Waals surface area contributed by atoms with E-state index >= 15 is 0 Å². The topological polar surface area (TPSA) is 62.6 Å². The fourth-order valence-electron chi connectivity index (χ4n) is 1.89. The van der Waals surface area contributed by atoms with Gasteiger partial charge in [0.05, 0.1) is 19.3 Å². The van der Waals surface area contributed by atoms with Gasteiger partial charge in [0.25, 0.3) is 5.91 Å². The minimum Gasteiger partial charge on any atom is -0.490 e. The summed E-state index contributed by atoms with van der Waals surface area (Å²) in [6.07, 6.45) is 0.827. The molecule has 1 aliphatic rings. The van der Waals surface area contributed by atoms with E-state index in [0.29, 0.717) is 36.8 Å². The lowest BCUT2D eigenvalue weighted by Crippen LogP contribution is -2.31. The van der Waals surface area contributed by atoms with Gasteiger partial charge in [0, 0.05) is 18.5 Å². The highest BCUT2D eigenvalue weighted by Crippen LogP contribution is 2.30. The molecule has 0 N–H and O–H groups in total. The van der Waals surface area contributed by atoms with Crippen LogP contribution in [-0.4, -0.2) is 37.1 Å². The molecule has 0 atom stereocenters. The SMILES string of the molecule is CCN(CC#N)C(=O)c1ccc2c(c1)OCCCO2. The van der Waals surface area contributed by atoms with Crippen LogP contribution in [0, 0.1) is 11.3 Å². The van der Waals surface area contributed by atoms with Crippen LogP contribution in [-0.2, 0) is 0 Å². The fourth-order valence-corrected chi connectivity index (χ4v) is 1.89. The summed E-state index contributed by atoms with van der Waals surface area (Å²) in [6.45, 7) is 3.64. The number of benzene rings is 1. The summed E-state index contributed by atoms with van der Waals surface area (Å²) < 4.78 is 11.1. The Balaban J connectivity index is 2.23. The average molecular weight is 260 g/mol. The van der Waals surface area contributed by atoms with Crippen LogP contribution < -0.4 is 9.47 Å². The molecule has 1 amide bonds. The monoisotopic (exact) mass is 260 g/mol. The predicted octanol–water partition coefficient (Wildman–Crippen LogP) is 1.83. The van der Waals surface area contributed by atoms with E-state index < -0.39 is 0 Å². The number of hydrogen-bond acceptors (Lipinski definition) is 4. The Kier molecular flexibility index (Phi) is 4.24. The standard InChI is InChI=1S/C14H16N2O3/c1-2-16(7-6-15)14(17)11-4-5-12-13(10-11)19-9-3-8-18-12/h4-5,10H,2-3,7-9H2,1H3. The maximum absolute atomic E-state index is 12.2. The molecule has 0 aliphatic carbocycles. The number of nitrogens with zero attached hydrogens (tertiary/aromatic N) is 2. The number of carbonyl (C=O) groups is 1. The number of carbonyl (C=O) groups excluding carboxylic acids is 1. The number of amides is 1. The third-order valence-corrected chi connectivity index (χ3v) is 2.92.